The van der Waals surface area contributed by atoms with Crippen molar-refractivity contribution in [3.05, 3.63) is 59.7 Å². The number of ether oxygens (including phenoxy) is 1. The molecule has 1 fully saturated rings. The second-order valence-corrected chi connectivity index (χ2v) is 10.1. The van der Waals surface area contributed by atoms with Crippen molar-refractivity contribution in [2.24, 2.45) is 5.41 Å². The van der Waals surface area contributed by atoms with Crippen LogP contribution in [0, 0.1) is 12.3 Å². The lowest BCUT2D eigenvalue weighted by molar-refractivity contribution is -0.140. The molecule has 1 N–H and O–H groups in total. The predicted octanol–water partition coefficient (Wildman–Crippen LogP) is 2.17. The topological polar surface area (TPSA) is 107 Å². The Labute approximate surface area is 217 Å². The predicted molar refractivity (Wildman–Crippen MR) is 137 cm³/mol. The number of piperidine rings is 1. The first kappa shape index (κ1) is 25.0. The molecule has 4 bridgehead atoms. The zero-order chi connectivity index (χ0) is 25.7. The Balaban J connectivity index is 1.27. The summed E-state index contributed by atoms with van der Waals surface area (Å²) in [6.07, 6.45) is 7.35. The van der Waals surface area contributed by atoms with Crippen molar-refractivity contribution >= 4 is 11.8 Å². The highest BCUT2D eigenvalue weighted by Gasteiger charge is 2.42. The molecule has 0 aliphatic carbocycles. The van der Waals surface area contributed by atoms with Gasteiger partial charge in [0.25, 0.3) is 0 Å². The summed E-state index contributed by atoms with van der Waals surface area (Å²) < 4.78 is 9.52. The van der Waals surface area contributed by atoms with Gasteiger partial charge in [-0.15, -0.1) is 5.10 Å². The van der Waals surface area contributed by atoms with Gasteiger partial charge in [-0.05, 0) is 49.9 Å². The van der Waals surface area contributed by atoms with Crippen LogP contribution in [0.25, 0.3) is 0 Å². The molecule has 3 aliphatic rings. The van der Waals surface area contributed by atoms with Gasteiger partial charge in [0.2, 0.25) is 11.8 Å². The standard InChI is InChI=1S/C27H35N7O3/c1-21-7-13-29-34(21)15-9-25(35)32-16-10-27(11-17-32)19-23-20-33(31-30-23)14-2-18-37-24-5-3-22(4-6-24)8-12-28-26(27)36/h3-7,13,20H,2,8-12,14-19H2,1H3,(H,28,36). The van der Waals surface area contributed by atoms with Crippen LogP contribution in [0.15, 0.2) is 42.7 Å². The molecule has 3 aliphatic heterocycles. The summed E-state index contributed by atoms with van der Waals surface area (Å²) in [6, 6.07) is 9.99. The van der Waals surface area contributed by atoms with E-state index in [0.29, 0.717) is 65.0 Å². The lowest BCUT2D eigenvalue weighted by Crippen LogP contribution is -2.51. The fourth-order valence-corrected chi connectivity index (χ4v) is 5.21. The van der Waals surface area contributed by atoms with E-state index in [1.807, 2.05) is 57.7 Å². The summed E-state index contributed by atoms with van der Waals surface area (Å²) in [5.41, 5.74) is 2.39. The molecule has 37 heavy (non-hydrogen) atoms. The van der Waals surface area contributed by atoms with Gasteiger partial charge in [-0.3, -0.25) is 19.0 Å². The van der Waals surface area contributed by atoms with Gasteiger partial charge in [-0.25, -0.2) is 0 Å². The monoisotopic (exact) mass is 505 g/mol. The smallest absolute Gasteiger partial charge is 0.226 e. The average molecular weight is 506 g/mol. The van der Waals surface area contributed by atoms with E-state index in [0.717, 1.165) is 35.5 Å². The maximum Gasteiger partial charge on any atom is 0.226 e. The van der Waals surface area contributed by atoms with Gasteiger partial charge in [-0.2, -0.15) is 5.10 Å². The Hall–Kier alpha value is -3.69. The van der Waals surface area contributed by atoms with Gasteiger partial charge >= 0.3 is 0 Å². The van der Waals surface area contributed by atoms with Crippen molar-refractivity contribution in [3.8, 4) is 5.75 Å². The first-order valence-corrected chi connectivity index (χ1v) is 13.2. The summed E-state index contributed by atoms with van der Waals surface area (Å²) in [5, 5.41) is 16.1. The highest BCUT2D eigenvalue weighted by molar-refractivity contribution is 5.84. The molecule has 0 saturated carbocycles. The molecule has 2 amide bonds. The minimum absolute atomic E-state index is 0.0329. The summed E-state index contributed by atoms with van der Waals surface area (Å²) in [5.74, 6) is 0.980. The molecule has 1 spiro atoms. The Morgan fingerprint density at radius 3 is 2.70 bits per heavy atom. The summed E-state index contributed by atoms with van der Waals surface area (Å²) in [4.78, 5) is 28.4. The van der Waals surface area contributed by atoms with E-state index in [-0.39, 0.29) is 11.8 Å². The number of carbonyl (C=O) groups is 2. The van der Waals surface area contributed by atoms with E-state index in [1.165, 1.54) is 0 Å². The molecule has 0 atom stereocenters. The SMILES string of the molecule is Cc1ccnn1CCC(=O)N1CCC2(CC1)Cc1cn(nn1)CCCOc1ccc(cc1)CCNC2=O. The summed E-state index contributed by atoms with van der Waals surface area (Å²) >= 11 is 0. The normalized spacial score (nSPS) is 18.3. The fraction of sp³-hybridized carbons (Fsp3) is 0.519. The molecular weight excluding hydrogens is 470 g/mol. The first-order valence-electron chi connectivity index (χ1n) is 13.2. The van der Waals surface area contributed by atoms with E-state index >= 15 is 0 Å². The van der Waals surface area contributed by atoms with Crippen LogP contribution >= 0.6 is 0 Å². The van der Waals surface area contributed by atoms with Crippen LogP contribution in [0.3, 0.4) is 0 Å². The van der Waals surface area contributed by atoms with Crippen LogP contribution in [0.2, 0.25) is 0 Å². The molecule has 0 unspecified atom stereocenters. The van der Waals surface area contributed by atoms with Crippen LogP contribution in [0.1, 0.15) is 42.6 Å². The van der Waals surface area contributed by atoms with Crippen LogP contribution in [-0.4, -0.2) is 67.7 Å². The Bertz CT molecular complexity index is 1210. The molecule has 5 heterocycles. The van der Waals surface area contributed by atoms with E-state index in [9.17, 15) is 9.59 Å². The van der Waals surface area contributed by atoms with Gasteiger partial charge < -0.3 is 15.0 Å². The van der Waals surface area contributed by atoms with Crippen LogP contribution in [0.4, 0.5) is 0 Å². The molecular formula is C27H35N7O3. The van der Waals surface area contributed by atoms with Crippen LogP contribution in [0.5, 0.6) is 5.75 Å². The fourth-order valence-electron chi connectivity index (χ4n) is 5.21. The third-order valence-corrected chi connectivity index (χ3v) is 7.55. The van der Waals surface area contributed by atoms with Gasteiger partial charge in [0.05, 0.1) is 17.7 Å². The number of amides is 2. The van der Waals surface area contributed by atoms with Crippen molar-refractivity contribution in [1.29, 1.82) is 0 Å². The number of hydrogen-bond acceptors (Lipinski definition) is 6. The largest absolute Gasteiger partial charge is 0.494 e. The number of benzene rings is 1. The second kappa shape index (κ2) is 11.1. The zero-order valence-electron chi connectivity index (χ0n) is 21.4. The number of carbonyl (C=O) groups excluding carboxylic acids is 2. The molecule has 196 valence electrons. The van der Waals surface area contributed by atoms with Crippen molar-refractivity contribution < 1.29 is 14.3 Å². The highest BCUT2D eigenvalue weighted by atomic mass is 16.5. The number of nitrogens with zero attached hydrogens (tertiary/aromatic N) is 6. The number of fused-ring (bicyclic) bond motifs is 8. The quantitative estimate of drug-likeness (QED) is 0.585. The Kier molecular flexibility index (Phi) is 7.52. The average Bonchev–Trinajstić information content (AvgIpc) is 3.54. The van der Waals surface area contributed by atoms with Crippen LogP contribution < -0.4 is 10.1 Å². The number of hydrogen-bond donors (Lipinski definition) is 1. The van der Waals surface area contributed by atoms with Gasteiger partial charge in [0.15, 0.2) is 0 Å². The van der Waals surface area contributed by atoms with E-state index in [1.54, 1.807) is 6.20 Å². The molecule has 1 saturated heterocycles. The number of likely N-dealkylation sites (tertiary alicyclic amines) is 1. The third kappa shape index (κ3) is 6.00. The Morgan fingerprint density at radius 2 is 1.95 bits per heavy atom. The van der Waals surface area contributed by atoms with E-state index in [4.69, 9.17) is 4.74 Å². The minimum Gasteiger partial charge on any atom is -0.494 e. The van der Waals surface area contributed by atoms with Crippen molar-refractivity contribution in [1.82, 2.24) is 35.0 Å². The van der Waals surface area contributed by atoms with Crippen LogP contribution in [-0.2, 0) is 35.5 Å². The third-order valence-electron chi connectivity index (χ3n) is 7.55. The van der Waals surface area contributed by atoms with Gasteiger partial charge in [0, 0.05) is 70.1 Å². The van der Waals surface area contributed by atoms with Crippen molar-refractivity contribution in [2.75, 3.05) is 26.2 Å². The van der Waals surface area contributed by atoms with E-state index < -0.39 is 5.41 Å². The molecule has 10 heteroatoms. The lowest BCUT2D eigenvalue weighted by Gasteiger charge is -2.40. The minimum atomic E-state index is -0.614. The maximum absolute atomic E-state index is 13.6. The molecule has 10 nitrogen and oxygen atoms in total. The molecule has 3 aromatic rings. The molecule has 0 radical (unpaired) electrons. The zero-order valence-corrected chi connectivity index (χ0v) is 21.4. The van der Waals surface area contributed by atoms with E-state index in [2.05, 4.69) is 20.7 Å². The highest BCUT2D eigenvalue weighted by Crippen LogP contribution is 2.35. The number of aryl methyl sites for hydroxylation is 3. The van der Waals surface area contributed by atoms with Crippen molar-refractivity contribution in [3.63, 3.8) is 0 Å². The number of aromatic nitrogens is 5. The second-order valence-electron chi connectivity index (χ2n) is 10.1. The maximum atomic E-state index is 13.6. The van der Waals surface area contributed by atoms with Crippen molar-refractivity contribution in [2.45, 2.75) is 58.5 Å². The number of nitrogens with one attached hydrogen (secondary N) is 1. The number of rotatable bonds is 3. The van der Waals surface area contributed by atoms with Gasteiger partial charge in [-0.1, -0.05) is 17.3 Å². The molecule has 1 aromatic carbocycles. The summed E-state index contributed by atoms with van der Waals surface area (Å²) in [7, 11) is 0. The lowest BCUT2D eigenvalue weighted by atomic mass is 9.74. The van der Waals surface area contributed by atoms with Gasteiger partial charge in [0.1, 0.15) is 5.75 Å². The first-order chi connectivity index (χ1) is 18.0. The molecule has 2 aromatic heterocycles. The Morgan fingerprint density at radius 1 is 1.14 bits per heavy atom. The summed E-state index contributed by atoms with van der Waals surface area (Å²) in [6.45, 7) is 5.51. The molecule has 6 rings (SSSR count).